The van der Waals surface area contributed by atoms with Crippen LogP contribution >= 0.6 is 0 Å². The van der Waals surface area contributed by atoms with Gasteiger partial charge in [-0.15, -0.1) is 0 Å². The van der Waals surface area contributed by atoms with Gasteiger partial charge in [-0.05, 0) is 67.6 Å². The van der Waals surface area contributed by atoms with E-state index in [1.165, 1.54) is 31.4 Å². The van der Waals surface area contributed by atoms with Crippen LogP contribution in [0.25, 0.3) is 56.0 Å². The highest BCUT2D eigenvalue weighted by Crippen LogP contribution is 2.33. The zero-order valence-electron chi connectivity index (χ0n) is 23.8. The first kappa shape index (κ1) is 28.0. The Morgan fingerprint density at radius 3 is 2.68 bits per heavy atom. The maximum Gasteiger partial charge on any atom is 0.209 e. The third kappa shape index (κ3) is 5.88. The van der Waals surface area contributed by atoms with Gasteiger partial charge in [0, 0.05) is 35.5 Å². The summed E-state index contributed by atoms with van der Waals surface area (Å²) in [5.74, 6) is 0.720. The van der Waals surface area contributed by atoms with E-state index in [2.05, 4.69) is 34.9 Å². The third-order valence-corrected chi connectivity index (χ3v) is 8.37. The van der Waals surface area contributed by atoms with Gasteiger partial charge in [0.2, 0.25) is 10.0 Å². The van der Waals surface area contributed by atoms with Gasteiger partial charge < -0.3 is 9.72 Å². The lowest BCUT2D eigenvalue weighted by molar-refractivity contribution is 0.154. The van der Waals surface area contributed by atoms with Gasteiger partial charge in [-0.3, -0.25) is 20.1 Å². The number of H-pyrrole nitrogens is 2. The summed E-state index contributed by atoms with van der Waals surface area (Å²) in [4.78, 5) is 21.7. The standard InChI is InChI=1S/C31H29FN8O3S/c1-44(41,42)36-14-18-9-19(11-21(32)10-18)28-30-25(7-8-34-28)37-31(38-30)29-24-13-26(35-17-27(24)39-40-29)20-12-23(16-33-15-20)43-22-5-3-2-4-6-22/h7-13,15-17,22,36H,2-6,14H2,1H3,(H,37,38)(H,39,40). The fourth-order valence-corrected chi connectivity index (χ4v) is 6.05. The van der Waals surface area contributed by atoms with E-state index in [9.17, 15) is 12.8 Å². The summed E-state index contributed by atoms with van der Waals surface area (Å²) in [6.07, 6.45) is 13.9. The van der Waals surface area contributed by atoms with Gasteiger partial charge in [0.05, 0.1) is 47.2 Å². The number of halogens is 1. The van der Waals surface area contributed by atoms with E-state index in [1.54, 1.807) is 36.9 Å². The van der Waals surface area contributed by atoms with Crippen LogP contribution in [-0.4, -0.2) is 55.9 Å². The van der Waals surface area contributed by atoms with Crippen LogP contribution in [0.3, 0.4) is 0 Å². The first-order chi connectivity index (χ1) is 21.3. The smallest absolute Gasteiger partial charge is 0.209 e. The molecule has 7 rings (SSSR count). The molecule has 5 heterocycles. The lowest BCUT2D eigenvalue weighted by Crippen LogP contribution is -2.21. The molecule has 0 bridgehead atoms. The van der Waals surface area contributed by atoms with Crippen LogP contribution in [-0.2, 0) is 16.6 Å². The SMILES string of the molecule is CS(=O)(=O)NCc1cc(F)cc(-c2nccc3[nH]c(-c4n[nH]c5cnc(-c6cncc(OC7CCCCC7)c6)cc45)nc23)c1. The number of sulfonamides is 1. The third-order valence-electron chi connectivity index (χ3n) is 7.71. The number of ether oxygens (including phenoxy) is 1. The number of pyridine rings is 3. The Kier molecular flexibility index (Phi) is 7.26. The number of rotatable bonds is 8. The molecule has 1 aromatic carbocycles. The van der Waals surface area contributed by atoms with Gasteiger partial charge in [-0.2, -0.15) is 5.10 Å². The summed E-state index contributed by atoms with van der Waals surface area (Å²) in [6.45, 7) is -0.0495. The first-order valence-corrected chi connectivity index (χ1v) is 16.2. The van der Waals surface area contributed by atoms with Crippen molar-refractivity contribution in [2.45, 2.75) is 44.8 Å². The zero-order chi connectivity index (χ0) is 30.3. The second-order valence-corrected chi connectivity index (χ2v) is 12.9. The molecule has 5 aromatic heterocycles. The summed E-state index contributed by atoms with van der Waals surface area (Å²) < 4.78 is 46.3. The highest BCUT2D eigenvalue weighted by Gasteiger charge is 2.19. The number of hydrogen-bond donors (Lipinski definition) is 3. The topological polar surface area (TPSA) is 151 Å². The second-order valence-electron chi connectivity index (χ2n) is 11.1. The Balaban J connectivity index is 1.23. The largest absolute Gasteiger partial charge is 0.489 e. The average molecular weight is 613 g/mol. The van der Waals surface area contributed by atoms with Crippen LogP contribution < -0.4 is 9.46 Å². The molecule has 11 nitrogen and oxygen atoms in total. The molecule has 1 fully saturated rings. The van der Waals surface area contributed by atoms with Crippen molar-refractivity contribution < 1.29 is 17.5 Å². The van der Waals surface area contributed by atoms with Gasteiger partial charge in [0.25, 0.3) is 0 Å². The van der Waals surface area contributed by atoms with Crippen molar-refractivity contribution in [2.24, 2.45) is 0 Å². The van der Waals surface area contributed by atoms with Crippen molar-refractivity contribution >= 4 is 32.0 Å². The van der Waals surface area contributed by atoms with Crippen LogP contribution in [0.1, 0.15) is 37.7 Å². The number of benzene rings is 1. The molecule has 1 aliphatic carbocycles. The van der Waals surface area contributed by atoms with E-state index < -0.39 is 15.8 Å². The molecule has 1 saturated carbocycles. The van der Waals surface area contributed by atoms with Crippen molar-refractivity contribution in [1.29, 1.82) is 0 Å². The van der Waals surface area contributed by atoms with Crippen LogP contribution in [0, 0.1) is 5.82 Å². The van der Waals surface area contributed by atoms with Gasteiger partial charge in [0.15, 0.2) is 5.82 Å². The van der Waals surface area contributed by atoms with Crippen molar-refractivity contribution in [3.63, 3.8) is 0 Å². The summed E-state index contributed by atoms with van der Waals surface area (Å²) in [5.41, 5.74) is 5.47. The summed E-state index contributed by atoms with van der Waals surface area (Å²) in [5, 5.41) is 8.36. The minimum Gasteiger partial charge on any atom is -0.489 e. The van der Waals surface area contributed by atoms with Crippen molar-refractivity contribution in [3.8, 4) is 39.8 Å². The highest BCUT2D eigenvalue weighted by atomic mass is 32.2. The normalized spacial score (nSPS) is 14.4. The summed E-state index contributed by atoms with van der Waals surface area (Å²) in [6, 6.07) is 10.0. The molecule has 0 saturated heterocycles. The van der Waals surface area contributed by atoms with E-state index >= 15 is 0 Å². The molecule has 0 amide bonds. The number of nitrogens with zero attached hydrogens (tertiary/aromatic N) is 5. The number of hydrogen-bond acceptors (Lipinski definition) is 8. The van der Waals surface area contributed by atoms with E-state index in [0.29, 0.717) is 39.4 Å². The molecule has 0 atom stereocenters. The quantitative estimate of drug-likeness (QED) is 0.203. The van der Waals surface area contributed by atoms with Crippen LogP contribution in [0.4, 0.5) is 4.39 Å². The Morgan fingerprint density at radius 2 is 1.84 bits per heavy atom. The lowest BCUT2D eigenvalue weighted by Gasteiger charge is -2.22. The molecule has 44 heavy (non-hydrogen) atoms. The molecule has 3 N–H and O–H groups in total. The molecule has 6 aromatic rings. The molecule has 0 radical (unpaired) electrons. The predicted molar refractivity (Wildman–Crippen MR) is 165 cm³/mol. The Labute approximate surface area is 252 Å². The van der Waals surface area contributed by atoms with Crippen molar-refractivity contribution in [3.05, 3.63) is 72.6 Å². The van der Waals surface area contributed by atoms with Crippen molar-refractivity contribution in [2.75, 3.05) is 6.26 Å². The molecule has 0 aliphatic heterocycles. The van der Waals surface area contributed by atoms with Gasteiger partial charge in [0.1, 0.15) is 22.8 Å². The summed E-state index contributed by atoms with van der Waals surface area (Å²) in [7, 11) is -3.45. The lowest BCUT2D eigenvalue weighted by atomic mass is 9.98. The van der Waals surface area contributed by atoms with Crippen molar-refractivity contribution in [1.82, 2.24) is 39.8 Å². The molecular formula is C31H29FN8O3S. The monoisotopic (exact) mass is 612 g/mol. The minimum absolute atomic E-state index is 0.0495. The molecule has 0 unspecified atom stereocenters. The molecule has 13 heteroatoms. The molecule has 0 spiro atoms. The number of aromatic nitrogens is 7. The van der Waals surface area contributed by atoms with Crippen LogP contribution in [0.15, 0.2) is 61.2 Å². The van der Waals surface area contributed by atoms with Gasteiger partial charge in [-0.1, -0.05) is 6.42 Å². The Hall–Kier alpha value is -4.75. The fraction of sp³-hybridized carbons (Fsp3) is 0.258. The Morgan fingerprint density at radius 1 is 0.977 bits per heavy atom. The van der Waals surface area contributed by atoms with Crippen LogP contribution in [0.2, 0.25) is 0 Å². The summed E-state index contributed by atoms with van der Waals surface area (Å²) >= 11 is 0. The molecular weight excluding hydrogens is 583 g/mol. The minimum atomic E-state index is -3.45. The van der Waals surface area contributed by atoms with Gasteiger partial charge >= 0.3 is 0 Å². The van der Waals surface area contributed by atoms with Gasteiger partial charge in [-0.25, -0.2) is 22.5 Å². The van der Waals surface area contributed by atoms with E-state index in [0.717, 1.165) is 47.0 Å². The molecule has 1 aliphatic rings. The predicted octanol–water partition coefficient (Wildman–Crippen LogP) is 5.53. The number of aromatic amines is 2. The van der Waals surface area contributed by atoms with Crippen LogP contribution in [0.5, 0.6) is 5.75 Å². The zero-order valence-corrected chi connectivity index (χ0v) is 24.7. The van der Waals surface area contributed by atoms with E-state index in [4.69, 9.17) is 9.72 Å². The van der Waals surface area contributed by atoms with E-state index in [1.807, 2.05) is 12.1 Å². The van der Waals surface area contributed by atoms with E-state index in [-0.39, 0.29) is 12.6 Å². The second kappa shape index (κ2) is 11.4. The Bertz CT molecular complexity index is 2100. The number of imidazole rings is 1. The highest BCUT2D eigenvalue weighted by molar-refractivity contribution is 7.88. The molecule has 224 valence electrons. The average Bonchev–Trinajstić information content (AvgIpc) is 3.64. The first-order valence-electron chi connectivity index (χ1n) is 14.3. The number of nitrogens with one attached hydrogen (secondary N) is 3. The maximum atomic E-state index is 14.6. The number of fused-ring (bicyclic) bond motifs is 2. The maximum absolute atomic E-state index is 14.6. The fourth-order valence-electron chi connectivity index (χ4n) is 5.62.